The molecule has 2 saturated carbocycles. The molecular weight excluding hydrogens is 252 g/mol. The zero-order valence-corrected chi connectivity index (χ0v) is 12.6. The Hall–Kier alpha value is -1.03. The summed E-state index contributed by atoms with van der Waals surface area (Å²) < 4.78 is 5.35. The maximum Gasteiger partial charge on any atom is 0.315 e. The number of fused-ring (bicyclic) bond motifs is 1. The molecule has 2 amide bonds. The molecule has 0 aromatic rings. The molecular formula is C16H26N2O2. The van der Waals surface area contributed by atoms with Gasteiger partial charge in [0.25, 0.3) is 0 Å². The highest BCUT2D eigenvalue weighted by molar-refractivity contribution is 5.74. The average molecular weight is 278 g/mol. The van der Waals surface area contributed by atoms with Crippen molar-refractivity contribution in [2.75, 3.05) is 19.8 Å². The predicted molar refractivity (Wildman–Crippen MR) is 78.5 cm³/mol. The molecule has 112 valence electrons. The first-order valence-electron chi connectivity index (χ1n) is 7.86. The first-order chi connectivity index (χ1) is 9.54. The van der Waals surface area contributed by atoms with Gasteiger partial charge in [0.05, 0.1) is 13.2 Å². The minimum absolute atomic E-state index is 0.00275. The van der Waals surface area contributed by atoms with Gasteiger partial charge in [0.1, 0.15) is 0 Å². The van der Waals surface area contributed by atoms with Crippen molar-refractivity contribution < 1.29 is 9.53 Å². The Bertz CT molecular complexity index is 407. The van der Waals surface area contributed by atoms with Crippen molar-refractivity contribution in [1.82, 2.24) is 10.6 Å². The highest BCUT2D eigenvalue weighted by atomic mass is 16.5. The molecule has 2 N–H and O–H groups in total. The molecule has 2 unspecified atom stereocenters. The van der Waals surface area contributed by atoms with Crippen molar-refractivity contribution in [1.29, 1.82) is 0 Å². The van der Waals surface area contributed by atoms with E-state index in [-0.39, 0.29) is 11.4 Å². The Balaban J connectivity index is 1.43. The van der Waals surface area contributed by atoms with E-state index in [1.807, 2.05) is 0 Å². The lowest BCUT2D eigenvalue weighted by Gasteiger charge is -2.31. The summed E-state index contributed by atoms with van der Waals surface area (Å²) in [5.41, 5.74) is 1.41. The molecule has 0 aromatic heterocycles. The SMILES string of the molecule is CC(C)(CNC(=O)NC1CC2CC2C1)C1=CCOCC1. The predicted octanol–water partition coefficient (Wildman–Crippen LogP) is 2.46. The van der Waals surface area contributed by atoms with E-state index in [0.29, 0.717) is 19.2 Å². The molecule has 2 fully saturated rings. The normalized spacial score (nSPS) is 32.3. The molecule has 3 rings (SSSR count). The van der Waals surface area contributed by atoms with Crippen LogP contribution in [0.3, 0.4) is 0 Å². The van der Waals surface area contributed by atoms with Crippen LogP contribution in [0.1, 0.15) is 39.5 Å². The summed E-state index contributed by atoms with van der Waals surface area (Å²) in [4.78, 5) is 12.0. The van der Waals surface area contributed by atoms with Crippen molar-refractivity contribution in [3.63, 3.8) is 0 Å². The molecule has 4 nitrogen and oxygen atoms in total. The van der Waals surface area contributed by atoms with E-state index >= 15 is 0 Å². The second-order valence-corrected chi connectivity index (χ2v) is 7.19. The van der Waals surface area contributed by atoms with E-state index in [4.69, 9.17) is 4.74 Å². The van der Waals surface area contributed by atoms with Gasteiger partial charge in [0, 0.05) is 18.0 Å². The number of rotatable bonds is 4. The summed E-state index contributed by atoms with van der Waals surface area (Å²) in [5, 5.41) is 6.17. The van der Waals surface area contributed by atoms with Crippen molar-refractivity contribution >= 4 is 6.03 Å². The minimum Gasteiger partial charge on any atom is -0.377 e. The molecule has 4 heteroatoms. The van der Waals surface area contributed by atoms with E-state index in [9.17, 15) is 4.79 Å². The van der Waals surface area contributed by atoms with Gasteiger partial charge in [0.2, 0.25) is 0 Å². The third-order valence-corrected chi connectivity index (χ3v) is 5.10. The average Bonchev–Trinajstić information content (AvgIpc) is 3.05. The van der Waals surface area contributed by atoms with Gasteiger partial charge >= 0.3 is 6.03 Å². The summed E-state index contributed by atoms with van der Waals surface area (Å²) in [6.07, 6.45) is 6.90. The molecule has 0 radical (unpaired) electrons. The summed E-state index contributed by atoms with van der Waals surface area (Å²) >= 11 is 0. The molecule has 1 heterocycles. The first kappa shape index (κ1) is 13.9. The molecule has 0 spiro atoms. The standard InChI is InChI=1S/C16H26N2O2/c1-16(2,13-3-5-20-6-4-13)10-17-15(19)18-14-8-11-7-12(11)9-14/h3,11-12,14H,4-10H2,1-2H3,(H2,17,18,19). The fourth-order valence-corrected chi connectivity index (χ4v) is 3.63. The maximum atomic E-state index is 12.0. The third-order valence-electron chi connectivity index (χ3n) is 5.10. The van der Waals surface area contributed by atoms with Gasteiger partial charge in [0.15, 0.2) is 0 Å². The van der Waals surface area contributed by atoms with E-state index < -0.39 is 0 Å². The van der Waals surface area contributed by atoms with Crippen LogP contribution >= 0.6 is 0 Å². The zero-order valence-electron chi connectivity index (χ0n) is 12.6. The number of hydrogen-bond donors (Lipinski definition) is 2. The van der Waals surface area contributed by atoms with Crippen molar-refractivity contribution in [2.45, 2.75) is 45.6 Å². The van der Waals surface area contributed by atoms with E-state index in [2.05, 4.69) is 30.6 Å². The summed E-state index contributed by atoms with van der Waals surface area (Å²) in [7, 11) is 0. The monoisotopic (exact) mass is 278 g/mol. The Morgan fingerprint density at radius 1 is 1.35 bits per heavy atom. The van der Waals surface area contributed by atoms with Gasteiger partial charge in [-0.15, -0.1) is 0 Å². The molecule has 3 aliphatic rings. The van der Waals surface area contributed by atoms with Crippen LogP contribution in [0.4, 0.5) is 4.79 Å². The number of nitrogens with one attached hydrogen (secondary N) is 2. The number of ether oxygens (including phenoxy) is 1. The van der Waals surface area contributed by atoms with Crippen molar-refractivity contribution in [3.8, 4) is 0 Å². The number of carbonyl (C=O) groups is 1. The highest BCUT2D eigenvalue weighted by Crippen LogP contribution is 2.51. The number of amides is 2. The Labute approximate surface area is 121 Å². The maximum absolute atomic E-state index is 12.0. The van der Waals surface area contributed by atoms with Crippen LogP contribution in [0.15, 0.2) is 11.6 Å². The highest BCUT2D eigenvalue weighted by Gasteiger charge is 2.46. The second-order valence-electron chi connectivity index (χ2n) is 7.19. The minimum atomic E-state index is -0.00275. The van der Waals surface area contributed by atoms with Crippen LogP contribution < -0.4 is 10.6 Å². The molecule has 1 aliphatic heterocycles. The zero-order chi connectivity index (χ0) is 14.2. The quantitative estimate of drug-likeness (QED) is 0.776. The second kappa shape index (κ2) is 5.40. The van der Waals surface area contributed by atoms with Crippen molar-refractivity contribution in [2.24, 2.45) is 17.3 Å². The lowest BCUT2D eigenvalue weighted by Crippen LogP contribution is -2.45. The first-order valence-corrected chi connectivity index (χ1v) is 7.86. The molecule has 0 aromatic carbocycles. The molecule has 2 aliphatic carbocycles. The van der Waals surface area contributed by atoms with Crippen LogP contribution in [0.25, 0.3) is 0 Å². The van der Waals surface area contributed by atoms with Crippen molar-refractivity contribution in [3.05, 3.63) is 11.6 Å². The van der Waals surface area contributed by atoms with Gasteiger partial charge in [-0.1, -0.05) is 25.5 Å². The molecule has 0 bridgehead atoms. The van der Waals surface area contributed by atoms with E-state index in [1.54, 1.807) is 0 Å². The smallest absolute Gasteiger partial charge is 0.315 e. The largest absolute Gasteiger partial charge is 0.377 e. The lowest BCUT2D eigenvalue weighted by molar-refractivity contribution is 0.145. The van der Waals surface area contributed by atoms with E-state index in [1.165, 1.54) is 24.8 Å². The van der Waals surface area contributed by atoms with E-state index in [0.717, 1.165) is 24.9 Å². The number of urea groups is 1. The third kappa shape index (κ3) is 3.17. The van der Waals surface area contributed by atoms with Gasteiger partial charge < -0.3 is 15.4 Å². The van der Waals surface area contributed by atoms with Gasteiger partial charge in [-0.05, 0) is 37.5 Å². The number of carbonyl (C=O) groups excluding carboxylic acids is 1. The van der Waals surface area contributed by atoms with Gasteiger partial charge in [-0.3, -0.25) is 0 Å². The fraction of sp³-hybridized carbons (Fsp3) is 0.812. The summed E-state index contributed by atoms with van der Waals surface area (Å²) in [6, 6.07) is 0.404. The molecule has 20 heavy (non-hydrogen) atoms. The van der Waals surface area contributed by atoms with Crippen LogP contribution in [-0.2, 0) is 4.74 Å². The van der Waals surface area contributed by atoms with Gasteiger partial charge in [-0.25, -0.2) is 4.79 Å². The van der Waals surface area contributed by atoms with Crippen LogP contribution in [0, 0.1) is 17.3 Å². The fourth-order valence-electron chi connectivity index (χ4n) is 3.63. The Morgan fingerprint density at radius 2 is 2.10 bits per heavy atom. The number of hydrogen-bond acceptors (Lipinski definition) is 2. The topological polar surface area (TPSA) is 50.4 Å². The van der Waals surface area contributed by atoms with Gasteiger partial charge in [-0.2, -0.15) is 0 Å². The summed E-state index contributed by atoms with van der Waals surface area (Å²) in [6.45, 7) is 6.57. The lowest BCUT2D eigenvalue weighted by atomic mass is 9.81. The Morgan fingerprint density at radius 3 is 2.75 bits per heavy atom. The van der Waals surface area contributed by atoms with Crippen LogP contribution in [0.5, 0.6) is 0 Å². The Kier molecular flexibility index (Phi) is 3.76. The molecule has 0 saturated heterocycles. The summed E-state index contributed by atoms with van der Waals surface area (Å²) in [5.74, 6) is 1.81. The van der Waals surface area contributed by atoms with Crippen LogP contribution in [0.2, 0.25) is 0 Å². The molecule has 2 atom stereocenters. The van der Waals surface area contributed by atoms with Crippen LogP contribution in [-0.4, -0.2) is 31.8 Å².